The molecule has 0 unspecified atom stereocenters. The van der Waals surface area contributed by atoms with Crippen LogP contribution in [0.4, 0.5) is 5.69 Å². The van der Waals surface area contributed by atoms with Gasteiger partial charge in [0, 0.05) is 11.6 Å². The molecule has 23 heavy (non-hydrogen) atoms. The van der Waals surface area contributed by atoms with E-state index in [1.807, 2.05) is 54.6 Å². The fourth-order valence-electron chi connectivity index (χ4n) is 3.00. The fraction of sp³-hybridized carbons (Fsp3) is 0.158. The zero-order valence-electron chi connectivity index (χ0n) is 12.6. The molecule has 0 atom stereocenters. The Morgan fingerprint density at radius 1 is 1.09 bits per heavy atom. The summed E-state index contributed by atoms with van der Waals surface area (Å²) in [6.07, 6.45) is 2.10. The van der Waals surface area contributed by atoms with Crippen LogP contribution in [0.25, 0.3) is 10.9 Å². The van der Waals surface area contributed by atoms with Crippen LogP contribution in [0.5, 0.6) is 5.75 Å². The monoisotopic (exact) mass is 304 g/mol. The van der Waals surface area contributed by atoms with Crippen molar-refractivity contribution >= 4 is 22.5 Å². The molecule has 4 heteroatoms. The van der Waals surface area contributed by atoms with Crippen LogP contribution in [-0.2, 0) is 11.2 Å². The first-order chi connectivity index (χ1) is 11.3. The first kappa shape index (κ1) is 13.8. The van der Waals surface area contributed by atoms with E-state index in [4.69, 9.17) is 4.74 Å². The Labute approximate surface area is 134 Å². The van der Waals surface area contributed by atoms with Gasteiger partial charge in [0.25, 0.3) is 0 Å². The molecule has 0 spiro atoms. The fourth-order valence-corrected chi connectivity index (χ4v) is 3.00. The molecule has 4 rings (SSSR count). The predicted molar refractivity (Wildman–Crippen MR) is 89.7 cm³/mol. The van der Waals surface area contributed by atoms with Crippen LogP contribution < -0.4 is 9.64 Å². The van der Waals surface area contributed by atoms with E-state index in [1.165, 1.54) is 0 Å². The van der Waals surface area contributed by atoms with E-state index >= 15 is 0 Å². The van der Waals surface area contributed by atoms with Crippen LogP contribution in [-0.4, -0.2) is 24.0 Å². The van der Waals surface area contributed by atoms with Crippen molar-refractivity contribution in [2.24, 2.45) is 0 Å². The minimum absolute atomic E-state index is 0.0684. The molecule has 1 aliphatic rings. The lowest BCUT2D eigenvalue weighted by atomic mass is 10.1. The molecule has 0 aliphatic carbocycles. The van der Waals surface area contributed by atoms with Gasteiger partial charge in [0.1, 0.15) is 12.4 Å². The Morgan fingerprint density at radius 3 is 2.91 bits per heavy atom. The molecular weight excluding hydrogens is 288 g/mol. The number of amides is 1. The molecule has 2 aromatic carbocycles. The van der Waals surface area contributed by atoms with Gasteiger partial charge in [-0.25, -0.2) is 0 Å². The number of rotatable bonds is 2. The lowest BCUT2D eigenvalue weighted by molar-refractivity contribution is -0.118. The second-order valence-electron chi connectivity index (χ2n) is 5.53. The van der Waals surface area contributed by atoms with Crippen molar-refractivity contribution in [3.05, 3.63) is 66.4 Å². The minimum Gasteiger partial charge on any atom is -0.490 e. The van der Waals surface area contributed by atoms with Crippen molar-refractivity contribution in [1.29, 1.82) is 0 Å². The number of pyridine rings is 1. The van der Waals surface area contributed by atoms with E-state index in [1.54, 1.807) is 11.1 Å². The van der Waals surface area contributed by atoms with Gasteiger partial charge in [-0.15, -0.1) is 0 Å². The molecule has 0 fully saturated rings. The van der Waals surface area contributed by atoms with Gasteiger partial charge in [0.15, 0.2) is 0 Å². The molecule has 0 bridgehead atoms. The maximum absolute atomic E-state index is 12.8. The SMILES string of the molecule is O=C(Cc1cccc2cccnc12)N1CCOc2ccccc21. The predicted octanol–water partition coefficient (Wildman–Crippen LogP) is 3.20. The van der Waals surface area contributed by atoms with Crippen molar-refractivity contribution in [2.45, 2.75) is 6.42 Å². The summed E-state index contributed by atoms with van der Waals surface area (Å²) in [7, 11) is 0. The van der Waals surface area contributed by atoms with Crippen LogP contribution in [0.1, 0.15) is 5.56 Å². The maximum Gasteiger partial charge on any atom is 0.231 e. The Balaban J connectivity index is 1.66. The standard InChI is InChI=1S/C19H16N2O2/c22-18(21-11-12-23-17-9-2-1-8-16(17)21)13-15-6-3-5-14-7-4-10-20-19(14)15/h1-10H,11-13H2. The van der Waals surface area contributed by atoms with Crippen LogP contribution in [0.2, 0.25) is 0 Å². The lowest BCUT2D eigenvalue weighted by Gasteiger charge is -2.29. The van der Waals surface area contributed by atoms with E-state index in [2.05, 4.69) is 4.98 Å². The van der Waals surface area contributed by atoms with Crippen molar-refractivity contribution in [1.82, 2.24) is 4.98 Å². The van der Waals surface area contributed by atoms with E-state index < -0.39 is 0 Å². The number of benzene rings is 2. The van der Waals surface area contributed by atoms with Gasteiger partial charge < -0.3 is 9.64 Å². The van der Waals surface area contributed by atoms with Crippen LogP contribution >= 0.6 is 0 Å². The van der Waals surface area contributed by atoms with Gasteiger partial charge in [0.2, 0.25) is 5.91 Å². The summed E-state index contributed by atoms with van der Waals surface area (Å²) in [6, 6.07) is 17.5. The summed E-state index contributed by atoms with van der Waals surface area (Å²) in [6.45, 7) is 1.10. The number of aromatic nitrogens is 1. The number of para-hydroxylation sites is 3. The van der Waals surface area contributed by atoms with Crippen molar-refractivity contribution in [3.63, 3.8) is 0 Å². The summed E-state index contributed by atoms with van der Waals surface area (Å²) in [4.78, 5) is 19.1. The summed E-state index contributed by atoms with van der Waals surface area (Å²) >= 11 is 0. The highest BCUT2D eigenvalue weighted by Gasteiger charge is 2.23. The Bertz CT molecular complexity index is 871. The van der Waals surface area contributed by atoms with Crippen LogP contribution in [0.3, 0.4) is 0 Å². The van der Waals surface area contributed by atoms with E-state index in [0.29, 0.717) is 19.6 Å². The molecule has 1 aromatic heterocycles. The van der Waals surface area contributed by atoms with Crippen molar-refractivity contribution < 1.29 is 9.53 Å². The van der Waals surface area contributed by atoms with Gasteiger partial charge in [-0.3, -0.25) is 9.78 Å². The summed E-state index contributed by atoms with van der Waals surface area (Å²) in [5.41, 5.74) is 2.69. The molecule has 1 amide bonds. The van der Waals surface area contributed by atoms with Gasteiger partial charge in [-0.05, 0) is 23.8 Å². The first-order valence-electron chi connectivity index (χ1n) is 7.68. The molecular formula is C19H16N2O2. The maximum atomic E-state index is 12.8. The molecule has 0 saturated carbocycles. The Hall–Kier alpha value is -2.88. The highest BCUT2D eigenvalue weighted by atomic mass is 16.5. The van der Waals surface area contributed by atoms with Crippen molar-refractivity contribution in [3.8, 4) is 5.75 Å². The molecule has 2 heterocycles. The summed E-state index contributed by atoms with van der Waals surface area (Å²) in [5.74, 6) is 0.835. The highest BCUT2D eigenvalue weighted by molar-refractivity contribution is 5.98. The Morgan fingerprint density at radius 2 is 1.96 bits per heavy atom. The average Bonchev–Trinajstić information content (AvgIpc) is 2.61. The van der Waals surface area contributed by atoms with E-state index in [-0.39, 0.29) is 5.91 Å². The number of hydrogen-bond acceptors (Lipinski definition) is 3. The smallest absolute Gasteiger partial charge is 0.231 e. The second kappa shape index (κ2) is 5.72. The third-order valence-corrected chi connectivity index (χ3v) is 4.09. The van der Waals surface area contributed by atoms with Gasteiger partial charge >= 0.3 is 0 Å². The van der Waals surface area contributed by atoms with E-state index in [9.17, 15) is 4.79 Å². The molecule has 1 aliphatic heterocycles. The zero-order valence-corrected chi connectivity index (χ0v) is 12.6. The second-order valence-corrected chi connectivity index (χ2v) is 5.53. The molecule has 0 N–H and O–H groups in total. The van der Waals surface area contributed by atoms with Crippen LogP contribution in [0.15, 0.2) is 60.8 Å². The topological polar surface area (TPSA) is 42.4 Å². The van der Waals surface area contributed by atoms with Crippen molar-refractivity contribution in [2.75, 3.05) is 18.1 Å². The number of fused-ring (bicyclic) bond motifs is 2. The van der Waals surface area contributed by atoms with Gasteiger partial charge in [-0.2, -0.15) is 0 Å². The van der Waals surface area contributed by atoms with Gasteiger partial charge in [-0.1, -0.05) is 36.4 Å². The summed E-state index contributed by atoms with van der Waals surface area (Å²) < 4.78 is 5.62. The first-order valence-corrected chi connectivity index (χ1v) is 7.68. The van der Waals surface area contributed by atoms with E-state index in [0.717, 1.165) is 27.9 Å². The highest BCUT2D eigenvalue weighted by Crippen LogP contribution is 2.31. The Kier molecular flexibility index (Phi) is 3.42. The molecule has 0 saturated heterocycles. The minimum atomic E-state index is 0.0684. The third-order valence-electron chi connectivity index (χ3n) is 4.09. The number of ether oxygens (including phenoxy) is 1. The third kappa shape index (κ3) is 2.52. The number of nitrogens with zero attached hydrogens (tertiary/aromatic N) is 2. The largest absolute Gasteiger partial charge is 0.490 e. The number of carbonyl (C=O) groups is 1. The quantitative estimate of drug-likeness (QED) is 0.730. The molecule has 0 radical (unpaired) electrons. The van der Waals surface area contributed by atoms with Crippen LogP contribution in [0, 0.1) is 0 Å². The zero-order chi connectivity index (χ0) is 15.6. The lowest BCUT2D eigenvalue weighted by Crippen LogP contribution is -2.38. The van der Waals surface area contributed by atoms with Gasteiger partial charge in [0.05, 0.1) is 24.2 Å². The average molecular weight is 304 g/mol. The molecule has 4 nitrogen and oxygen atoms in total. The normalized spacial score (nSPS) is 13.5. The number of anilines is 1. The molecule has 3 aromatic rings. The number of hydrogen-bond donors (Lipinski definition) is 0. The number of carbonyl (C=O) groups excluding carboxylic acids is 1. The summed E-state index contributed by atoms with van der Waals surface area (Å²) in [5, 5.41) is 1.06. The molecule has 114 valence electrons.